The summed E-state index contributed by atoms with van der Waals surface area (Å²) in [6.45, 7) is 2.94. The number of anilines is 2. The van der Waals surface area contributed by atoms with Gasteiger partial charge in [-0.25, -0.2) is 12.7 Å². The smallest absolute Gasteiger partial charge is 0.258 e. The van der Waals surface area contributed by atoms with Crippen molar-refractivity contribution in [3.8, 4) is 5.75 Å². The maximum atomic E-state index is 13.1. The van der Waals surface area contributed by atoms with Crippen LogP contribution in [-0.2, 0) is 21.2 Å². The van der Waals surface area contributed by atoms with Gasteiger partial charge in [0, 0.05) is 42.5 Å². The van der Waals surface area contributed by atoms with Crippen molar-refractivity contribution in [2.45, 2.75) is 26.2 Å². The van der Waals surface area contributed by atoms with Gasteiger partial charge in [0.25, 0.3) is 5.91 Å². The molecule has 2 heterocycles. The molecule has 0 radical (unpaired) electrons. The highest BCUT2D eigenvalue weighted by atomic mass is 32.2. The van der Waals surface area contributed by atoms with Crippen LogP contribution in [0.15, 0.2) is 42.5 Å². The molecule has 0 aliphatic carbocycles. The summed E-state index contributed by atoms with van der Waals surface area (Å²) < 4.78 is 30.7. The molecule has 2 aromatic carbocycles. The molecular weight excluding hydrogens is 442 g/mol. The normalized spacial score (nSPS) is 17.0. The summed E-state index contributed by atoms with van der Waals surface area (Å²) >= 11 is 0. The number of nitrogens with one attached hydrogen (secondary N) is 1. The van der Waals surface area contributed by atoms with E-state index < -0.39 is 10.0 Å². The van der Waals surface area contributed by atoms with Crippen molar-refractivity contribution in [1.82, 2.24) is 4.31 Å². The van der Waals surface area contributed by atoms with Crippen LogP contribution < -0.4 is 15.0 Å². The van der Waals surface area contributed by atoms with Gasteiger partial charge in [0.2, 0.25) is 15.9 Å². The van der Waals surface area contributed by atoms with E-state index in [4.69, 9.17) is 4.74 Å². The number of hydrogen-bond donors (Lipinski definition) is 1. The van der Waals surface area contributed by atoms with Crippen molar-refractivity contribution in [3.05, 3.63) is 53.6 Å². The topological polar surface area (TPSA) is 96.0 Å². The first-order valence-corrected chi connectivity index (χ1v) is 12.8. The lowest BCUT2D eigenvalue weighted by Crippen LogP contribution is -2.42. The lowest BCUT2D eigenvalue weighted by molar-refractivity contribution is -0.120. The zero-order valence-electron chi connectivity index (χ0n) is 18.9. The van der Waals surface area contributed by atoms with Crippen molar-refractivity contribution < 1.29 is 22.7 Å². The molecule has 2 aliphatic heterocycles. The van der Waals surface area contributed by atoms with E-state index in [0.29, 0.717) is 49.5 Å². The second kappa shape index (κ2) is 9.52. The van der Waals surface area contributed by atoms with Gasteiger partial charge in [0.15, 0.2) is 0 Å². The first-order chi connectivity index (χ1) is 15.8. The quantitative estimate of drug-likeness (QED) is 0.699. The number of ether oxygens (including phenoxy) is 1. The molecule has 1 saturated heterocycles. The maximum absolute atomic E-state index is 13.1. The van der Waals surface area contributed by atoms with Crippen molar-refractivity contribution >= 4 is 33.2 Å². The Balaban J connectivity index is 1.43. The standard InChI is InChI=1S/C24H29N3O5S/c1-3-33(30,31)26-13-10-18(11-14-26)23(28)25-20-7-4-17-12-15-27(22(17)16-20)24(29)19-5-8-21(32-2)9-6-19/h4-9,16,18H,3,10-15H2,1-2H3,(H,25,28). The molecule has 0 saturated carbocycles. The fourth-order valence-electron chi connectivity index (χ4n) is 4.38. The first-order valence-electron chi connectivity index (χ1n) is 11.2. The number of fused-ring (bicyclic) bond motifs is 1. The van der Waals surface area contributed by atoms with E-state index >= 15 is 0 Å². The minimum Gasteiger partial charge on any atom is -0.497 e. The monoisotopic (exact) mass is 471 g/mol. The van der Waals surface area contributed by atoms with Gasteiger partial charge in [-0.05, 0) is 68.1 Å². The highest BCUT2D eigenvalue weighted by Gasteiger charge is 2.31. The second-order valence-electron chi connectivity index (χ2n) is 8.34. The number of methoxy groups -OCH3 is 1. The highest BCUT2D eigenvalue weighted by molar-refractivity contribution is 7.89. The first kappa shape index (κ1) is 23.3. The number of sulfonamides is 1. The predicted molar refractivity (Wildman–Crippen MR) is 127 cm³/mol. The van der Waals surface area contributed by atoms with Gasteiger partial charge in [0.05, 0.1) is 12.9 Å². The molecule has 0 atom stereocenters. The number of rotatable bonds is 6. The van der Waals surface area contributed by atoms with E-state index in [1.165, 1.54) is 4.31 Å². The Morgan fingerprint density at radius 1 is 1.06 bits per heavy atom. The van der Waals surface area contributed by atoms with E-state index in [1.54, 1.807) is 43.2 Å². The van der Waals surface area contributed by atoms with Crippen molar-refractivity contribution in [3.63, 3.8) is 0 Å². The van der Waals surface area contributed by atoms with Gasteiger partial charge in [-0.2, -0.15) is 0 Å². The third kappa shape index (κ3) is 4.89. The number of piperidine rings is 1. The van der Waals surface area contributed by atoms with Gasteiger partial charge < -0.3 is 15.0 Å². The second-order valence-corrected chi connectivity index (χ2v) is 10.6. The molecule has 2 aliphatic rings. The summed E-state index contributed by atoms with van der Waals surface area (Å²) in [5.74, 6) is 0.319. The summed E-state index contributed by atoms with van der Waals surface area (Å²) in [6, 6.07) is 12.7. The number of benzene rings is 2. The third-order valence-corrected chi connectivity index (χ3v) is 8.29. The van der Waals surface area contributed by atoms with Crippen LogP contribution in [0.3, 0.4) is 0 Å². The minimum absolute atomic E-state index is 0.0741. The number of carbonyl (C=O) groups excluding carboxylic acids is 2. The van der Waals surface area contributed by atoms with Crippen LogP contribution >= 0.6 is 0 Å². The van der Waals surface area contributed by atoms with Gasteiger partial charge in [-0.15, -0.1) is 0 Å². The number of amides is 2. The maximum Gasteiger partial charge on any atom is 0.258 e. The van der Waals surface area contributed by atoms with E-state index in [0.717, 1.165) is 17.7 Å². The summed E-state index contributed by atoms with van der Waals surface area (Å²) in [6.07, 6.45) is 1.76. The highest BCUT2D eigenvalue weighted by Crippen LogP contribution is 2.33. The molecule has 1 fully saturated rings. The van der Waals surface area contributed by atoms with Crippen molar-refractivity contribution in [1.29, 1.82) is 0 Å². The summed E-state index contributed by atoms with van der Waals surface area (Å²) in [5, 5.41) is 2.96. The average Bonchev–Trinajstić information content (AvgIpc) is 3.27. The molecule has 0 spiro atoms. The van der Waals surface area contributed by atoms with Crippen LogP contribution in [0, 0.1) is 5.92 Å². The molecule has 8 nitrogen and oxygen atoms in total. The predicted octanol–water partition coefficient (Wildman–Crippen LogP) is 2.90. The number of hydrogen-bond acceptors (Lipinski definition) is 5. The molecule has 0 aromatic heterocycles. The Bertz CT molecular complexity index is 1140. The van der Waals surface area contributed by atoms with E-state index in [2.05, 4.69) is 5.32 Å². The Morgan fingerprint density at radius 2 is 1.76 bits per heavy atom. The van der Waals surface area contributed by atoms with Crippen LogP contribution in [0.25, 0.3) is 0 Å². The van der Waals surface area contributed by atoms with Crippen LogP contribution in [-0.4, -0.2) is 57.0 Å². The average molecular weight is 472 g/mol. The van der Waals surface area contributed by atoms with Crippen molar-refractivity contribution in [2.75, 3.05) is 42.7 Å². The van der Waals surface area contributed by atoms with Gasteiger partial charge >= 0.3 is 0 Å². The largest absolute Gasteiger partial charge is 0.497 e. The lowest BCUT2D eigenvalue weighted by atomic mass is 9.97. The van der Waals surface area contributed by atoms with Crippen LogP contribution in [0.1, 0.15) is 35.7 Å². The van der Waals surface area contributed by atoms with Gasteiger partial charge in [-0.1, -0.05) is 6.07 Å². The summed E-state index contributed by atoms with van der Waals surface area (Å²) in [4.78, 5) is 27.6. The molecular formula is C24H29N3O5S. The summed E-state index contributed by atoms with van der Waals surface area (Å²) in [7, 11) is -1.64. The van der Waals surface area contributed by atoms with Gasteiger partial charge in [0.1, 0.15) is 5.75 Å². The number of nitrogens with zero attached hydrogens (tertiary/aromatic N) is 2. The zero-order valence-corrected chi connectivity index (χ0v) is 19.7. The van der Waals surface area contributed by atoms with Gasteiger partial charge in [-0.3, -0.25) is 9.59 Å². The van der Waals surface area contributed by atoms with E-state index in [9.17, 15) is 18.0 Å². The molecule has 33 heavy (non-hydrogen) atoms. The number of carbonyl (C=O) groups is 2. The third-order valence-electron chi connectivity index (χ3n) is 6.41. The molecule has 2 amide bonds. The lowest BCUT2D eigenvalue weighted by Gasteiger charge is -2.30. The molecule has 0 bridgehead atoms. The van der Waals surface area contributed by atoms with Crippen LogP contribution in [0.5, 0.6) is 5.75 Å². The Labute approximate surface area is 194 Å². The SMILES string of the molecule is CCS(=O)(=O)N1CCC(C(=O)Nc2ccc3c(c2)N(C(=O)c2ccc(OC)cc2)CC3)CC1. The fourth-order valence-corrected chi connectivity index (χ4v) is 5.51. The Hall–Kier alpha value is -2.91. The fraction of sp³-hybridized carbons (Fsp3) is 0.417. The molecule has 0 unspecified atom stereocenters. The van der Waals surface area contributed by atoms with Crippen molar-refractivity contribution in [2.24, 2.45) is 5.92 Å². The molecule has 176 valence electrons. The minimum atomic E-state index is -3.22. The Morgan fingerprint density at radius 3 is 2.39 bits per heavy atom. The van der Waals surface area contributed by atoms with E-state index in [1.807, 2.05) is 18.2 Å². The molecule has 9 heteroatoms. The molecule has 1 N–H and O–H groups in total. The van der Waals surface area contributed by atoms with Crippen LogP contribution in [0.4, 0.5) is 11.4 Å². The van der Waals surface area contributed by atoms with E-state index in [-0.39, 0.29) is 23.5 Å². The molecule has 4 rings (SSSR count). The van der Waals surface area contributed by atoms with Crippen LogP contribution in [0.2, 0.25) is 0 Å². The zero-order chi connectivity index (χ0) is 23.6. The molecule has 2 aromatic rings. The summed E-state index contributed by atoms with van der Waals surface area (Å²) in [5.41, 5.74) is 3.08. The Kier molecular flexibility index (Phi) is 6.71.